The summed E-state index contributed by atoms with van der Waals surface area (Å²) in [7, 11) is 1.22. The van der Waals surface area contributed by atoms with Crippen molar-refractivity contribution < 1.29 is 23.5 Å². The number of methoxy groups -OCH3 is 1. The highest BCUT2D eigenvalue weighted by Crippen LogP contribution is 2.31. The third kappa shape index (κ3) is 3.81. The average Bonchev–Trinajstić information content (AvgIpc) is 2.33. The molecule has 1 fully saturated rings. The Labute approximate surface area is 135 Å². The van der Waals surface area contributed by atoms with E-state index >= 15 is 0 Å². The molecule has 126 valence electrons. The molecule has 0 N–H and O–H groups in total. The summed E-state index contributed by atoms with van der Waals surface area (Å²) in [6.45, 7) is 8.06. The van der Waals surface area contributed by atoms with Gasteiger partial charge in [0.25, 0.3) is 0 Å². The van der Waals surface area contributed by atoms with Crippen LogP contribution in [0.1, 0.15) is 48.2 Å². The third-order valence-electron chi connectivity index (χ3n) is 3.70. The van der Waals surface area contributed by atoms with Crippen LogP contribution >= 0.6 is 0 Å². The number of likely N-dealkylation sites (tertiary alicyclic amines) is 1. The molecule has 1 aliphatic rings. The number of hydrogen-bond acceptors (Lipinski definition) is 4. The molecule has 1 aromatic carbocycles. The molecule has 0 bridgehead atoms. The van der Waals surface area contributed by atoms with Crippen LogP contribution in [0.25, 0.3) is 0 Å². The maximum absolute atomic E-state index is 14.1. The molecule has 0 atom stereocenters. The summed E-state index contributed by atoms with van der Waals surface area (Å²) >= 11 is 0. The van der Waals surface area contributed by atoms with Crippen molar-refractivity contribution in [2.24, 2.45) is 0 Å². The average molecular weight is 323 g/mol. The second-order valence-electron chi connectivity index (χ2n) is 6.77. The Morgan fingerprint density at radius 2 is 1.87 bits per heavy atom. The van der Waals surface area contributed by atoms with Crippen molar-refractivity contribution >= 4 is 12.1 Å². The predicted octanol–water partition coefficient (Wildman–Crippen LogP) is 3.26. The molecule has 1 saturated heterocycles. The first-order chi connectivity index (χ1) is 10.6. The first-order valence-electron chi connectivity index (χ1n) is 7.48. The van der Waals surface area contributed by atoms with Gasteiger partial charge in [-0.2, -0.15) is 0 Å². The number of carbonyl (C=O) groups excluding carboxylic acids is 2. The minimum atomic E-state index is -0.685. The Bertz CT molecular complexity index is 607. The van der Waals surface area contributed by atoms with E-state index in [9.17, 15) is 14.0 Å². The number of rotatable bonds is 2. The lowest BCUT2D eigenvalue weighted by Crippen LogP contribution is -2.50. The highest BCUT2D eigenvalue weighted by molar-refractivity contribution is 5.91. The Kier molecular flexibility index (Phi) is 4.63. The molecule has 1 aliphatic heterocycles. The molecule has 6 heteroatoms. The van der Waals surface area contributed by atoms with Gasteiger partial charge in [-0.25, -0.2) is 14.0 Å². The van der Waals surface area contributed by atoms with Gasteiger partial charge in [0.05, 0.1) is 12.7 Å². The van der Waals surface area contributed by atoms with E-state index in [-0.39, 0.29) is 17.6 Å². The highest BCUT2D eigenvalue weighted by Gasteiger charge is 2.35. The highest BCUT2D eigenvalue weighted by atomic mass is 19.1. The van der Waals surface area contributed by atoms with E-state index in [1.54, 1.807) is 17.9 Å². The number of benzene rings is 1. The van der Waals surface area contributed by atoms with Crippen LogP contribution in [-0.2, 0) is 9.47 Å². The fourth-order valence-electron chi connectivity index (χ4n) is 2.53. The summed E-state index contributed by atoms with van der Waals surface area (Å²) in [5, 5.41) is 0. The monoisotopic (exact) mass is 323 g/mol. The van der Waals surface area contributed by atoms with E-state index in [2.05, 4.69) is 4.74 Å². The zero-order chi connectivity index (χ0) is 17.4. The molecule has 0 aromatic heterocycles. The summed E-state index contributed by atoms with van der Waals surface area (Å²) in [5.74, 6) is -1.24. The Morgan fingerprint density at radius 1 is 1.26 bits per heavy atom. The van der Waals surface area contributed by atoms with E-state index in [0.717, 1.165) is 5.56 Å². The van der Waals surface area contributed by atoms with Gasteiger partial charge in [0.1, 0.15) is 11.4 Å². The van der Waals surface area contributed by atoms with Crippen LogP contribution in [0.2, 0.25) is 0 Å². The summed E-state index contributed by atoms with van der Waals surface area (Å²) in [6.07, 6.45) is -0.364. The van der Waals surface area contributed by atoms with Gasteiger partial charge < -0.3 is 14.4 Å². The maximum Gasteiger partial charge on any atom is 0.410 e. The van der Waals surface area contributed by atoms with Gasteiger partial charge in [0, 0.05) is 19.0 Å². The SMILES string of the molecule is COC(=O)c1c(C)cc(C2CN(C(=O)OC(C)(C)C)C2)cc1F. The van der Waals surface area contributed by atoms with Crippen molar-refractivity contribution in [2.45, 2.75) is 39.2 Å². The molecule has 0 saturated carbocycles. The smallest absolute Gasteiger partial charge is 0.410 e. The number of nitrogens with zero attached hydrogens (tertiary/aromatic N) is 1. The van der Waals surface area contributed by atoms with Gasteiger partial charge in [-0.1, -0.05) is 6.07 Å². The number of aryl methyl sites for hydroxylation is 1. The second-order valence-corrected chi connectivity index (χ2v) is 6.77. The summed E-state index contributed by atoms with van der Waals surface area (Å²) in [5.41, 5.74) is 0.724. The Balaban J connectivity index is 2.06. The van der Waals surface area contributed by atoms with E-state index in [1.165, 1.54) is 13.2 Å². The number of halogens is 1. The lowest BCUT2D eigenvalue weighted by molar-refractivity contribution is 0.00818. The molecule has 0 radical (unpaired) electrons. The van der Waals surface area contributed by atoms with Crippen LogP contribution in [0.3, 0.4) is 0 Å². The summed E-state index contributed by atoms with van der Waals surface area (Å²) < 4.78 is 24.0. The van der Waals surface area contributed by atoms with Crippen LogP contribution in [0.5, 0.6) is 0 Å². The minimum absolute atomic E-state index is 0.0421. The fraction of sp³-hybridized carbons (Fsp3) is 0.529. The molecule has 1 aromatic rings. The number of esters is 1. The van der Waals surface area contributed by atoms with Gasteiger partial charge in [0.15, 0.2) is 0 Å². The lowest BCUT2D eigenvalue weighted by Gasteiger charge is -2.40. The van der Waals surface area contributed by atoms with Crippen LogP contribution < -0.4 is 0 Å². The van der Waals surface area contributed by atoms with E-state index in [4.69, 9.17) is 4.74 Å². The third-order valence-corrected chi connectivity index (χ3v) is 3.70. The van der Waals surface area contributed by atoms with Gasteiger partial charge in [-0.15, -0.1) is 0 Å². The number of ether oxygens (including phenoxy) is 2. The first-order valence-corrected chi connectivity index (χ1v) is 7.48. The van der Waals surface area contributed by atoms with E-state index < -0.39 is 17.4 Å². The van der Waals surface area contributed by atoms with Crippen molar-refractivity contribution in [2.75, 3.05) is 20.2 Å². The molecular formula is C17H22FNO4. The van der Waals surface area contributed by atoms with E-state index in [1.807, 2.05) is 20.8 Å². The maximum atomic E-state index is 14.1. The lowest BCUT2D eigenvalue weighted by atomic mass is 9.89. The number of carbonyl (C=O) groups is 2. The fourth-order valence-corrected chi connectivity index (χ4v) is 2.53. The molecule has 1 amide bonds. The molecule has 23 heavy (non-hydrogen) atoms. The molecule has 0 aliphatic carbocycles. The standard InChI is InChI=1S/C17H22FNO4/c1-10-6-11(7-13(18)14(10)15(20)22-5)12-8-19(9-12)16(21)23-17(2,3)4/h6-7,12H,8-9H2,1-5H3. The van der Waals surface area contributed by atoms with Crippen molar-refractivity contribution in [3.8, 4) is 0 Å². The van der Waals surface area contributed by atoms with Crippen LogP contribution in [0, 0.1) is 12.7 Å². The van der Waals surface area contributed by atoms with Crippen LogP contribution in [0.15, 0.2) is 12.1 Å². The zero-order valence-electron chi connectivity index (χ0n) is 14.1. The largest absolute Gasteiger partial charge is 0.465 e. The molecule has 5 nitrogen and oxygen atoms in total. The minimum Gasteiger partial charge on any atom is -0.465 e. The second kappa shape index (κ2) is 6.18. The van der Waals surface area contributed by atoms with Gasteiger partial charge >= 0.3 is 12.1 Å². The van der Waals surface area contributed by atoms with Crippen molar-refractivity contribution in [1.29, 1.82) is 0 Å². The quantitative estimate of drug-likeness (QED) is 0.784. The molecular weight excluding hydrogens is 301 g/mol. The van der Waals surface area contributed by atoms with Gasteiger partial charge in [-0.3, -0.25) is 0 Å². The van der Waals surface area contributed by atoms with Crippen molar-refractivity contribution in [3.05, 3.63) is 34.6 Å². The van der Waals surface area contributed by atoms with Crippen LogP contribution in [0.4, 0.5) is 9.18 Å². The first kappa shape index (κ1) is 17.2. The topological polar surface area (TPSA) is 55.8 Å². The number of amides is 1. The van der Waals surface area contributed by atoms with Crippen molar-refractivity contribution in [1.82, 2.24) is 4.90 Å². The molecule has 1 heterocycles. The molecule has 0 unspecified atom stereocenters. The summed E-state index contributed by atoms with van der Waals surface area (Å²) in [6, 6.07) is 3.11. The predicted molar refractivity (Wildman–Crippen MR) is 83.0 cm³/mol. The normalized spacial score (nSPS) is 15.1. The summed E-state index contributed by atoms with van der Waals surface area (Å²) in [4.78, 5) is 25.0. The van der Waals surface area contributed by atoms with E-state index in [0.29, 0.717) is 18.7 Å². The molecule has 0 spiro atoms. The van der Waals surface area contributed by atoms with Gasteiger partial charge in [0.2, 0.25) is 0 Å². The molecule has 2 rings (SSSR count). The Morgan fingerprint density at radius 3 is 2.35 bits per heavy atom. The van der Waals surface area contributed by atoms with Crippen molar-refractivity contribution in [3.63, 3.8) is 0 Å². The number of hydrogen-bond donors (Lipinski definition) is 0. The van der Waals surface area contributed by atoms with Crippen LogP contribution in [-0.4, -0.2) is 42.8 Å². The van der Waals surface area contributed by atoms with Gasteiger partial charge in [-0.05, 0) is 44.9 Å². The Hall–Kier alpha value is -2.11. The zero-order valence-corrected chi connectivity index (χ0v) is 14.1.